The number of nitrogens with zero attached hydrogens (tertiary/aromatic N) is 2. The second kappa shape index (κ2) is 13.0. The second-order valence-corrected chi connectivity index (χ2v) is 10.6. The molecule has 6 nitrogen and oxygen atoms in total. The second-order valence-electron chi connectivity index (χ2n) is 10.6. The molecule has 1 aromatic heterocycles. The highest BCUT2D eigenvalue weighted by Crippen LogP contribution is 2.36. The monoisotopic (exact) mass is 619 g/mol. The number of halogens is 6. The molecule has 234 valence electrons. The first kappa shape index (κ1) is 32.4. The van der Waals surface area contributed by atoms with E-state index in [9.17, 15) is 35.9 Å². The minimum atomic E-state index is -5.12. The lowest BCUT2D eigenvalue weighted by atomic mass is 10.0. The number of alkyl halides is 6. The van der Waals surface area contributed by atoms with E-state index in [0.29, 0.717) is 29.9 Å². The van der Waals surface area contributed by atoms with Crippen LogP contribution in [0.2, 0.25) is 0 Å². The zero-order valence-electron chi connectivity index (χ0n) is 24.2. The van der Waals surface area contributed by atoms with E-state index < -0.39 is 53.4 Å². The standard InChI is InChI=1S/C32H31F6N3O3/c1-20(2)41(30(43)23-14-24(31(33,34)35)16-25(15-23)32(36,37)38)19-29(42)40(18-22-8-4-7-11-28(22)44-3)13-12-21-17-39-27-10-6-5-9-26(21)27/h4-11,14-17,20,39H,12-13,18-19H2,1-3H3. The highest BCUT2D eigenvalue weighted by molar-refractivity contribution is 5.97. The number of hydrogen-bond donors (Lipinski definition) is 1. The number of para-hydroxylation sites is 2. The number of carbonyl (C=O) groups is 2. The van der Waals surface area contributed by atoms with Crippen molar-refractivity contribution < 1.29 is 40.7 Å². The number of fused-ring (bicyclic) bond motifs is 1. The number of ether oxygens (including phenoxy) is 1. The Morgan fingerprint density at radius 2 is 1.48 bits per heavy atom. The summed E-state index contributed by atoms with van der Waals surface area (Å²) >= 11 is 0. The fraction of sp³-hybridized carbons (Fsp3) is 0.312. The van der Waals surface area contributed by atoms with Crippen molar-refractivity contribution in [2.75, 3.05) is 20.2 Å². The van der Waals surface area contributed by atoms with E-state index in [4.69, 9.17) is 4.74 Å². The minimum absolute atomic E-state index is 0.0403. The Balaban J connectivity index is 1.65. The molecule has 0 spiro atoms. The molecule has 44 heavy (non-hydrogen) atoms. The van der Waals surface area contributed by atoms with Crippen LogP contribution in [0.1, 0.15) is 46.5 Å². The molecule has 0 saturated heterocycles. The first-order valence-electron chi connectivity index (χ1n) is 13.7. The molecule has 2 amide bonds. The average molecular weight is 620 g/mol. The van der Waals surface area contributed by atoms with Crippen LogP contribution >= 0.6 is 0 Å². The molecule has 0 aliphatic carbocycles. The normalized spacial score (nSPS) is 12.0. The van der Waals surface area contributed by atoms with Crippen LogP contribution in [0.5, 0.6) is 5.75 Å². The smallest absolute Gasteiger partial charge is 0.416 e. The lowest BCUT2D eigenvalue weighted by molar-refractivity contribution is -0.143. The van der Waals surface area contributed by atoms with Crippen LogP contribution < -0.4 is 4.74 Å². The van der Waals surface area contributed by atoms with Gasteiger partial charge in [-0.2, -0.15) is 26.3 Å². The molecule has 0 saturated carbocycles. The summed E-state index contributed by atoms with van der Waals surface area (Å²) in [4.78, 5) is 32.9. The number of methoxy groups -OCH3 is 1. The first-order chi connectivity index (χ1) is 20.7. The van der Waals surface area contributed by atoms with Gasteiger partial charge < -0.3 is 19.5 Å². The predicted octanol–water partition coefficient (Wildman–Crippen LogP) is 7.34. The molecule has 1 heterocycles. The molecule has 4 rings (SSSR count). The number of aromatic nitrogens is 1. The van der Waals surface area contributed by atoms with Gasteiger partial charge in [-0.1, -0.05) is 36.4 Å². The maximum absolute atomic E-state index is 13.8. The van der Waals surface area contributed by atoms with Gasteiger partial charge in [-0.3, -0.25) is 9.59 Å². The van der Waals surface area contributed by atoms with Gasteiger partial charge in [0.25, 0.3) is 5.91 Å². The molecule has 0 aliphatic heterocycles. The van der Waals surface area contributed by atoms with Crippen LogP contribution in [-0.2, 0) is 30.1 Å². The lowest BCUT2D eigenvalue weighted by Gasteiger charge is -2.31. The van der Waals surface area contributed by atoms with E-state index >= 15 is 0 Å². The molecule has 12 heteroatoms. The van der Waals surface area contributed by atoms with Crippen LogP contribution in [0.3, 0.4) is 0 Å². The van der Waals surface area contributed by atoms with Crippen molar-refractivity contribution in [1.82, 2.24) is 14.8 Å². The number of carbonyl (C=O) groups excluding carboxylic acids is 2. The summed E-state index contributed by atoms with van der Waals surface area (Å²) in [7, 11) is 1.49. The van der Waals surface area contributed by atoms with Crippen molar-refractivity contribution in [2.24, 2.45) is 0 Å². The number of H-pyrrole nitrogens is 1. The van der Waals surface area contributed by atoms with E-state index in [-0.39, 0.29) is 19.2 Å². The summed E-state index contributed by atoms with van der Waals surface area (Å²) in [6.07, 6.45) is -7.97. The topological polar surface area (TPSA) is 65.6 Å². The average Bonchev–Trinajstić information content (AvgIpc) is 3.39. The molecule has 0 unspecified atom stereocenters. The number of rotatable bonds is 10. The molecular weight excluding hydrogens is 588 g/mol. The fourth-order valence-corrected chi connectivity index (χ4v) is 4.90. The number of nitrogens with one attached hydrogen (secondary N) is 1. The Bertz CT molecular complexity index is 1600. The van der Waals surface area contributed by atoms with Crippen molar-refractivity contribution in [3.05, 3.63) is 101 Å². The van der Waals surface area contributed by atoms with Crippen LogP contribution in [0.4, 0.5) is 26.3 Å². The molecule has 0 bridgehead atoms. The van der Waals surface area contributed by atoms with Crippen molar-refractivity contribution in [2.45, 2.75) is 45.2 Å². The summed E-state index contributed by atoms with van der Waals surface area (Å²) in [5.41, 5.74) is -1.49. The summed E-state index contributed by atoms with van der Waals surface area (Å²) < 4.78 is 86.3. The Labute approximate surface area is 250 Å². The van der Waals surface area contributed by atoms with Gasteiger partial charge in [-0.15, -0.1) is 0 Å². The lowest BCUT2D eigenvalue weighted by Crippen LogP contribution is -2.46. The molecule has 4 aromatic rings. The van der Waals surface area contributed by atoms with E-state index in [1.807, 2.05) is 30.5 Å². The third-order valence-corrected chi connectivity index (χ3v) is 7.26. The minimum Gasteiger partial charge on any atom is -0.496 e. The van der Waals surface area contributed by atoms with Gasteiger partial charge in [0.15, 0.2) is 0 Å². The van der Waals surface area contributed by atoms with Crippen LogP contribution in [0.15, 0.2) is 72.9 Å². The molecule has 3 aromatic carbocycles. The van der Waals surface area contributed by atoms with Gasteiger partial charge in [-0.05, 0) is 56.2 Å². The molecule has 1 N–H and O–H groups in total. The van der Waals surface area contributed by atoms with Gasteiger partial charge in [0.1, 0.15) is 12.3 Å². The van der Waals surface area contributed by atoms with Crippen molar-refractivity contribution in [1.29, 1.82) is 0 Å². The van der Waals surface area contributed by atoms with Crippen LogP contribution in [-0.4, -0.2) is 52.8 Å². The molecular formula is C32H31F6N3O3. The molecule has 0 radical (unpaired) electrons. The largest absolute Gasteiger partial charge is 0.496 e. The fourth-order valence-electron chi connectivity index (χ4n) is 4.90. The SMILES string of the molecule is COc1ccccc1CN(CCc1c[nH]c2ccccc12)C(=O)CN(C(=O)c1cc(C(F)(F)F)cc(C(F)(F)F)c1)C(C)C. The third kappa shape index (κ3) is 7.53. The zero-order chi connectivity index (χ0) is 32.2. The Hall–Kier alpha value is -4.48. The molecule has 0 fully saturated rings. The van der Waals surface area contributed by atoms with Gasteiger partial charge in [0, 0.05) is 47.4 Å². The van der Waals surface area contributed by atoms with Crippen LogP contribution in [0.25, 0.3) is 10.9 Å². The highest BCUT2D eigenvalue weighted by atomic mass is 19.4. The Kier molecular flexibility index (Phi) is 9.60. The van der Waals surface area contributed by atoms with Crippen molar-refractivity contribution in [3.8, 4) is 5.75 Å². The van der Waals surface area contributed by atoms with E-state index in [2.05, 4.69) is 4.98 Å². The van der Waals surface area contributed by atoms with Gasteiger partial charge in [0.05, 0.1) is 18.2 Å². The van der Waals surface area contributed by atoms with Gasteiger partial charge >= 0.3 is 12.4 Å². The highest BCUT2D eigenvalue weighted by Gasteiger charge is 2.38. The number of benzene rings is 3. The molecule has 0 atom stereocenters. The maximum Gasteiger partial charge on any atom is 0.416 e. The Morgan fingerprint density at radius 1 is 0.864 bits per heavy atom. The number of hydrogen-bond acceptors (Lipinski definition) is 3. The molecule has 0 aliphatic rings. The van der Waals surface area contributed by atoms with E-state index in [0.717, 1.165) is 21.4 Å². The zero-order valence-corrected chi connectivity index (χ0v) is 24.2. The summed E-state index contributed by atoms with van der Waals surface area (Å²) in [6, 6.07) is 14.7. The van der Waals surface area contributed by atoms with Crippen LogP contribution in [0, 0.1) is 0 Å². The van der Waals surface area contributed by atoms with Crippen molar-refractivity contribution >= 4 is 22.7 Å². The number of aromatic amines is 1. The predicted molar refractivity (Wildman–Crippen MR) is 153 cm³/mol. The first-order valence-corrected chi connectivity index (χ1v) is 13.7. The summed E-state index contributed by atoms with van der Waals surface area (Å²) in [5, 5.41) is 0.973. The third-order valence-electron chi connectivity index (χ3n) is 7.26. The summed E-state index contributed by atoms with van der Waals surface area (Å²) in [6.45, 7) is 2.78. The van der Waals surface area contributed by atoms with Crippen molar-refractivity contribution in [3.63, 3.8) is 0 Å². The quantitative estimate of drug-likeness (QED) is 0.189. The van der Waals surface area contributed by atoms with E-state index in [1.165, 1.54) is 25.9 Å². The van der Waals surface area contributed by atoms with Gasteiger partial charge in [0.2, 0.25) is 5.91 Å². The maximum atomic E-state index is 13.8. The van der Waals surface area contributed by atoms with E-state index in [1.54, 1.807) is 24.3 Å². The summed E-state index contributed by atoms with van der Waals surface area (Å²) in [5.74, 6) is -1.14. The number of amides is 2. The van der Waals surface area contributed by atoms with Gasteiger partial charge in [-0.25, -0.2) is 0 Å². The Morgan fingerprint density at radius 3 is 2.09 bits per heavy atom.